The zero-order valence-electron chi connectivity index (χ0n) is 12.6. The third-order valence-electron chi connectivity index (χ3n) is 2.98. The number of likely N-dealkylation sites (tertiary alicyclic amines) is 1. The van der Waals surface area contributed by atoms with Crippen molar-refractivity contribution in [3.05, 3.63) is 24.0 Å². The molecule has 1 aliphatic rings. The van der Waals surface area contributed by atoms with Gasteiger partial charge in [-0.05, 0) is 26.8 Å². The van der Waals surface area contributed by atoms with E-state index in [0.29, 0.717) is 24.4 Å². The van der Waals surface area contributed by atoms with Crippen LogP contribution >= 0.6 is 0 Å². The molecule has 0 N–H and O–H groups in total. The predicted molar refractivity (Wildman–Crippen MR) is 79.0 cm³/mol. The minimum Gasteiger partial charge on any atom is -0.487 e. The van der Waals surface area contributed by atoms with Crippen molar-refractivity contribution in [1.82, 2.24) is 9.88 Å². The molecule has 0 aliphatic carbocycles. The van der Waals surface area contributed by atoms with Crippen molar-refractivity contribution in [1.29, 1.82) is 0 Å². The van der Waals surface area contributed by atoms with Crippen molar-refractivity contribution in [3.63, 3.8) is 0 Å². The third-order valence-corrected chi connectivity index (χ3v) is 2.98. The van der Waals surface area contributed by atoms with Gasteiger partial charge in [0.25, 0.3) is 0 Å². The minimum atomic E-state index is -0.485. The van der Waals surface area contributed by atoms with E-state index in [0.717, 1.165) is 6.42 Å². The van der Waals surface area contributed by atoms with Crippen LogP contribution in [-0.2, 0) is 4.74 Å². The Balaban J connectivity index is 1.91. The Morgan fingerprint density at radius 2 is 2.24 bits per heavy atom. The van der Waals surface area contributed by atoms with Crippen LogP contribution < -0.4 is 4.74 Å². The van der Waals surface area contributed by atoms with E-state index in [1.165, 1.54) is 0 Å². The first-order valence-corrected chi connectivity index (χ1v) is 6.93. The molecule has 1 aliphatic heterocycles. The number of carbonyl (C=O) groups excluding carboxylic acids is 1. The number of pyridine rings is 1. The smallest absolute Gasteiger partial charge is 0.410 e. The zero-order valence-corrected chi connectivity index (χ0v) is 12.6. The molecule has 21 heavy (non-hydrogen) atoms. The van der Waals surface area contributed by atoms with Gasteiger partial charge in [-0.25, -0.2) is 4.79 Å². The van der Waals surface area contributed by atoms with Gasteiger partial charge in [-0.15, -0.1) is 6.42 Å². The van der Waals surface area contributed by atoms with Crippen LogP contribution in [0.4, 0.5) is 4.79 Å². The lowest BCUT2D eigenvalue weighted by atomic mass is 10.2. The number of nitrogens with zero attached hydrogens (tertiary/aromatic N) is 2. The fraction of sp³-hybridized carbons (Fsp3) is 0.500. The molecule has 2 heterocycles. The number of ether oxygens (including phenoxy) is 2. The maximum Gasteiger partial charge on any atom is 0.410 e. The van der Waals surface area contributed by atoms with Gasteiger partial charge < -0.3 is 14.4 Å². The molecule has 112 valence electrons. The van der Waals surface area contributed by atoms with E-state index < -0.39 is 5.60 Å². The fourth-order valence-corrected chi connectivity index (χ4v) is 2.07. The summed E-state index contributed by atoms with van der Waals surface area (Å²) in [5, 5.41) is 0. The molecule has 0 spiro atoms. The lowest BCUT2D eigenvalue weighted by molar-refractivity contribution is 0.0275. The molecular formula is C16H20N2O3. The standard InChI is InChI=1S/C16H20N2O3/c1-5-12-8-14(10-17-9-12)20-13-6-7-18(11-13)15(19)21-16(2,3)4/h1,8-10,13H,6-7,11H2,2-4H3/t13-/m1/s1. The van der Waals surface area contributed by atoms with E-state index >= 15 is 0 Å². The lowest BCUT2D eigenvalue weighted by Gasteiger charge is -2.24. The number of aromatic nitrogens is 1. The molecule has 1 aromatic rings. The summed E-state index contributed by atoms with van der Waals surface area (Å²) in [6, 6.07) is 1.77. The van der Waals surface area contributed by atoms with Gasteiger partial charge in [-0.1, -0.05) is 5.92 Å². The highest BCUT2D eigenvalue weighted by atomic mass is 16.6. The quantitative estimate of drug-likeness (QED) is 0.784. The second-order valence-electron chi connectivity index (χ2n) is 6.01. The van der Waals surface area contributed by atoms with Crippen molar-refractivity contribution in [3.8, 4) is 18.1 Å². The van der Waals surface area contributed by atoms with E-state index in [9.17, 15) is 4.79 Å². The molecule has 5 nitrogen and oxygen atoms in total. The van der Waals surface area contributed by atoms with Crippen molar-refractivity contribution in [2.75, 3.05) is 13.1 Å². The summed E-state index contributed by atoms with van der Waals surface area (Å²) in [5.41, 5.74) is 0.190. The monoisotopic (exact) mass is 288 g/mol. The summed E-state index contributed by atoms with van der Waals surface area (Å²) >= 11 is 0. The number of hydrogen-bond donors (Lipinski definition) is 0. The summed E-state index contributed by atoms with van der Waals surface area (Å²) in [7, 11) is 0. The molecule has 1 fully saturated rings. The first-order chi connectivity index (χ1) is 9.87. The fourth-order valence-electron chi connectivity index (χ4n) is 2.07. The number of carbonyl (C=O) groups is 1. The number of terminal acetylenes is 1. The molecule has 1 atom stereocenters. The Bertz CT molecular complexity index is 557. The molecule has 5 heteroatoms. The highest BCUT2D eigenvalue weighted by molar-refractivity contribution is 5.68. The van der Waals surface area contributed by atoms with Gasteiger partial charge in [-0.2, -0.15) is 0 Å². The molecular weight excluding hydrogens is 268 g/mol. The van der Waals surface area contributed by atoms with Crippen LogP contribution in [0.1, 0.15) is 32.8 Å². The van der Waals surface area contributed by atoms with E-state index in [1.54, 1.807) is 23.4 Å². The topological polar surface area (TPSA) is 51.7 Å². The molecule has 0 aromatic carbocycles. The van der Waals surface area contributed by atoms with Gasteiger partial charge in [0.05, 0.1) is 12.7 Å². The highest BCUT2D eigenvalue weighted by Gasteiger charge is 2.30. The average molecular weight is 288 g/mol. The van der Waals surface area contributed by atoms with E-state index in [-0.39, 0.29) is 12.2 Å². The van der Waals surface area contributed by atoms with Gasteiger partial charge in [0, 0.05) is 24.7 Å². The van der Waals surface area contributed by atoms with E-state index in [4.69, 9.17) is 15.9 Å². The number of hydrogen-bond acceptors (Lipinski definition) is 4. The number of rotatable bonds is 2. The SMILES string of the molecule is C#Cc1cncc(O[C@@H]2CCN(C(=O)OC(C)(C)C)C2)c1. The first-order valence-electron chi connectivity index (χ1n) is 6.93. The van der Waals surface area contributed by atoms with Gasteiger partial charge in [0.15, 0.2) is 0 Å². The average Bonchev–Trinajstić information content (AvgIpc) is 2.85. The molecule has 1 saturated heterocycles. The van der Waals surface area contributed by atoms with Crippen molar-refractivity contribution in [2.45, 2.75) is 38.9 Å². The van der Waals surface area contributed by atoms with Crippen LogP contribution in [0.25, 0.3) is 0 Å². The highest BCUT2D eigenvalue weighted by Crippen LogP contribution is 2.20. The summed E-state index contributed by atoms with van der Waals surface area (Å²) in [6.07, 6.45) is 8.96. The molecule has 0 bridgehead atoms. The van der Waals surface area contributed by atoms with Crippen LogP contribution in [0.15, 0.2) is 18.5 Å². The second-order valence-corrected chi connectivity index (χ2v) is 6.01. The molecule has 1 aromatic heterocycles. The first kappa shape index (κ1) is 15.2. The molecule has 0 saturated carbocycles. The molecule has 2 rings (SSSR count). The minimum absolute atomic E-state index is 0.0626. The van der Waals surface area contributed by atoms with Gasteiger partial charge >= 0.3 is 6.09 Å². The van der Waals surface area contributed by atoms with Gasteiger partial charge in [0.1, 0.15) is 17.5 Å². The van der Waals surface area contributed by atoms with Crippen LogP contribution in [-0.4, -0.2) is 40.8 Å². The normalized spacial score (nSPS) is 18.2. The molecule has 1 amide bonds. The maximum atomic E-state index is 12.0. The van der Waals surface area contributed by atoms with Crippen molar-refractivity contribution >= 4 is 6.09 Å². The Labute approximate surface area is 125 Å². The van der Waals surface area contributed by atoms with E-state index in [1.807, 2.05) is 20.8 Å². The molecule has 0 radical (unpaired) electrons. The van der Waals surface area contributed by atoms with Crippen molar-refractivity contribution < 1.29 is 14.3 Å². The largest absolute Gasteiger partial charge is 0.487 e. The third kappa shape index (κ3) is 4.38. The Kier molecular flexibility index (Phi) is 4.37. The maximum absolute atomic E-state index is 12.0. The number of amides is 1. The van der Waals surface area contributed by atoms with Gasteiger partial charge in [-0.3, -0.25) is 4.98 Å². The Morgan fingerprint density at radius 3 is 2.90 bits per heavy atom. The molecule has 0 unspecified atom stereocenters. The lowest BCUT2D eigenvalue weighted by Crippen LogP contribution is -2.36. The summed E-state index contributed by atoms with van der Waals surface area (Å²) in [4.78, 5) is 17.7. The second kappa shape index (κ2) is 6.04. The van der Waals surface area contributed by atoms with E-state index in [2.05, 4.69) is 10.9 Å². The van der Waals surface area contributed by atoms with Gasteiger partial charge in [0.2, 0.25) is 0 Å². The van der Waals surface area contributed by atoms with Crippen LogP contribution in [0.3, 0.4) is 0 Å². The van der Waals surface area contributed by atoms with Crippen LogP contribution in [0.5, 0.6) is 5.75 Å². The predicted octanol–water partition coefficient (Wildman–Crippen LogP) is 2.45. The Hall–Kier alpha value is -2.22. The van der Waals surface area contributed by atoms with Crippen LogP contribution in [0.2, 0.25) is 0 Å². The zero-order chi connectivity index (χ0) is 15.5. The van der Waals surface area contributed by atoms with Crippen LogP contribution in [0, 0.1) is 12.3 Å². The summed E-state index contributed by atoms with van der Waals surface area (Å²) < 4.78 is 11.2. The van der Waals surface area contributed by atoms with Crippen molar-refractivity contribution in [2.24, 2.45) is 0 Å². The summed E-state index contributed by atoms with van der Waals surface area (Å²) in [6.45, 7) is 6.70. The Morgan fingerprint density at radius 1 is 1.48 bits per heavy atom. The summed E-state index contributed by atoms with van der Waals surface area (Å²) in [5.74, 6) is 3.14.